The predicted molar refractivity (Wildman–Crippen MR) is 136 cm³/mol. The van der Waals surface area contributed by atoms with Crippen LogP contribution in [0, 0.1) is 23.5 Å². The van der Waals surface area contributed by atoms with Crippen molar-refractivity contribution in [1.82, 2.24) is 0 Å². The first-order chi connectivity index (χ1) is 17.0. The second-order valence-corrected chi connectivity index (χ2v) is 9.54. The second-order valence-electron chi connectivity index (χ2n) is 9.54. The van der Waals surface area contributed by atoms with Crippen molar-refractivity contribution < 1.29 is 23.0 Å². The first-order valence-electron chi connectivity index (χ1n) is 13.0. The molecule has 0 bridgehead atoms. The Balaban J connectivity index is 1.64. The summed E-state index contributed by atoms with van der Waals surface area (Å²) in [5.41, 5.74) is 1.47. The Kier molecular flexibility index (Phi) is 10.3. The van der Waals surface area contributed by atoms with E-state index in [1.165, 1.54) is 69.1 Å². The number of ether oxygens (including phenoxy) is 2. The van der Waals surface area contributed by atoms with E-state index in [4.69, 9.17) is 9.47 Å². The number of allylic oxidation sites excluding steroid dienone is 1. The molecule has 0 heterocycles. The fourth-order valence-corrected chi connectivity index (χ4v) is 5.23. The third kappa shape index (κ3) is 7.16. The topological polar surface area (TPSA) is 35.5 Å². The van der Waals surface area contributed by atoms with Gasteiger partial charge in [0.15, 0.2) is 11.5 Å². The second kappa shape index (κ2) is 13.4. The lowest BCUT2D eigenvalue weighted by atomic mass is 9.71. The lowest BCUT2D eigenvalue weighted by Gasteiger charge is -2.34. The lowest BCUT2D eigenvalue weighted by molar-refractivity contribution is 0.0726. The van der Waals surface area contributed by atoms with E-state index in [1.807, 2.05) is 18.2 Å². The highest BCUT2D eigenvalue weighted by atomic mass is 19.2. The molecule has 0 aromatic heterocycles. The molecule has 1 fully saturated rings. The van der Waals surface area contributed by atoms with Gasteiger partial charge in [-0.05, 0) is 73.8 Å². The largest absolute Gasteiger partial charge is 0.491 e. The number of benzene rings is 2. The average molecular weight is 485 g/mol. The summed E-state index contributed by atoms with van der Waals surface area (Å²) in [5.74, 6) is -1.98. The summed E-state index contributed by atoms with van der Waals surface area (Å²) in [6.45, 7) is 8.09. The van der Waals surface area contributed by atoms with Gasteiger partial charge in [-0.1, -0.05) is 63.7 Å². The van der Waals surface area contributed by atoms with Crippen molar-refractivity contribution in [2.45, 2.75) is 77.6 Å². The molecule has 3 rings (SSSR count). The number of esters is 1. The van der Waals surface area contributed by atoms with Gasteiger partial charge >= 0.3 is 5.97 Å². The summed E-state index contributed by atoms with van der Waals surface area (Å²) in [6, 6.07) is 9.76. The van der Waals surface area contributed by atoms with Crippen molar-refractivity contribution >= 4 is 5.97 Å². The lowest BCUT2D eigenvalue weighted by Crippen LogP contribution is -2.21. The number of unbranched alkanes of at least 4 members (excludes halogenated alkanes) is 2. The molecule has 1 saturated carbocycles. The SMILES string of the molecule is C=CCC(c1ccc(C(=O)Oc2ccc(OCC)c(F)c2F)cc1)[C@H]1CC[C@H](CCCCC)CC1. The van der Waals surface area contributed by atoms with E-state index in [-0.39, 0.29) is 12.4 Å². The Bertz CT molecular complexity index is 962. The van der Waals surface area contributed by atoms with Gasteiger partial charge in [0.25, 0.3) is 0 Å². The highest BCUT2D eigenvalue weighted by Crippen LogP contribution is 2.41. The van der Waals surface area contributed by atoms with E-state index < -0.39 is 23.4 Å². The van der Waals surface area contributed by atoms with Gasteiger partial charge in [0.2, 0.25) is 11.6 Å². The van der Waals surface area contributed by atoms with Gasteiger partial charge in [-0.25, -0.2) is 4.79 Å². The minimum Gasteiger partial charge on any atom is -0.491 e. The molecular weight excluding hydrogens is 446 g/mol. The molecule has 2 aromatic rings. The normalized spacial score (nSPS) is 18.6. The van der Waals surface area contributed by atoms with Crippen LogP contribution in [0.25, 0.3) is 0 Å². The molecule has 0 N–H and O–H groups in total. The minimum atomic E-state index is -1.24. The molecule has 35 heavy (non-hydrogen) atoms. The number of rotatable bonds is 12. The first-order valence-corrected chi connectivity index (χ1v) is 13.0. The van der Waals surface area contributed by atoms with Crippen molar-refractivity contribution in [1.29, 1.82) is 0 Å². The summed E-state index contributed by atoms with van der Waals surface area (Å²) in [4.78, 5) is 12.6. The number of halogens is 2. The van der Waals surface area contributed by atoms with Crippen molar-refractivity contribution in [3.05, 3.63) is 71.8 Å². The Morgan fingerprint density at radius 3 is 2.29 bits per heavy atom. The van der Waals surface area contributed by atoms with E-state index in [9.17, 15) is 13.6 Å². The summed E-state index contributed by atoms with van der Waals surface area (Å²) in [7, 11) is 0. The molecule has 1 aliphatic carbocycles. The Morgan fingerprint density at radius 2 is 1.66 bits per heavy atom. The molecule has 5 heteroatoms. The average Bonchev–Trinajstić information content (AvgIpc) is 2.88. The molecular formula is C30H38F2O3. The van der Waals surface area contributed by atoms with Gasteiger partial charge in [0.1, 0.15) is 0 Å². The maximum Gasteiger partial charge on any atom is 0.343 e. The van der Waals surface area contributed by atoms with Crippen LogP contribution in [0.1, 0.15) is 93.5 Å². The van der Waals surface area contributed by atoms with Crippen LogP contribution >= 0.6 is 0 Å². The molecule has 1 atom stereocenters. The maximum absolute atomic E-state index is 14.3. The van der Waals surface area contributed by atoms with Crippen molar-refractivity contribution in [3.8, 4) is 11.5 Å². The van der Waals surface area contributed by atoms with Gasteiger partial charge in [0.05, 0.1) is 12.2 Å². The fourth-order valence-electron chi connectivity index (χ4n) is 5.23. The monoisotopic (exact) mass is 484 g/mol. The smallest absolute Gasteiger partial charge is 0.343 e. The van der Waals surface area contributed by atoms with E-state index in [2.05, 4.69) is 13.5 Å². The molecule has 2 aromatic carbocycles. The predicted octanol–water partition coefficient (Wildman–Crippen LogP) is 8.63. The third-order valence-electron chi connectivity index (χ3n) is 7.19. The van der Waals surface area contributed by atoms with Gasteiger partial charge in [-0.3, -0.25) is 0 Å². The van der Waals surface area contributed by atoms with Crippen LogP contribution in [0.3, 0.4) is 0 Å². The molecule has 0 radical (unpaired) electrons. The Labute approximate surface area is 208 Å². The number of carbonyl (C=O) groups is 1. The zero-order chi connectivity index (χ0) is 25.2. The Morgan fingerprint density at radius 1 is 1.00 bits per heavy atom. The molecule has 3 nitrogen and oxygen atoms in total. The van der Waals surface area contributed by atoms with Gasteiger partial charge < -0.3 is 9.47 Å². The van der Waals surface area contributed by atoms with Crippen LogP contribution in [0.2, 0.25) is 0 Å². The quantitative estimate of drug-likeness (QED) is 0.131. The molecule has 1 aliphatic rings. The zero-order valence-corrected chi connectivity index (χ0v) is 21.0. The van der Waals surface area contributed by atoms with Gasteiger partial charge in [-0.2, -0.15) is 8.78 Å². The van der Waals surface area contributed by atoms with E-state index in [0.29, 0.717) is 17.4 Å². The molecule has 1 unspecified atom stereocenters. The van der Waals surface area contributed by atoms with Crippen LogP contribution in [0.4, 0.5) is 8.78 Å². The minimum absolute atomic E-state index is 0.203. The fraction of sp³-hybridized carbons (Fsp3) is 0.500. The summed E-state index contributed by atoms with van der Waals surface area (Å²) >= 11 is 0. The number of hydrogen-bond donors (Lipinski definition) is 0. The van der Waals surface area contributed by atoms with Crippen LogP contribution < -0.4 is 9.47 Å². The van der Waals surface area contributed by atoms with E-state index in [1.54, 1.807) is 19.1 Å². The van der Waals surface area contributed by atoms with Crippen molar-refractivity contribution in [3.63, 3.8) is 0 Å². The molecule has 190 valence electrons. The molecule has 0 spiro atoms. The van der Waals surface area contributed by atoms with Gasteiger partial charge in [-0.15, -0.1) is 6.58 Å². The Hall–Kier alpha value is -2.69. The zero-order valence-electron chi connectivity index (χ0n) is 21.0. The summed E-state index contributed by atoms with van der Waals surface area (Å²) in [5, 5.41) is 0. The highest BCUT2D eigenvalue weighted by molar-refractivity contribution is 5.91. The first kappa shape index (κ1) is 26.9. The van der Waals surface area contributed by atoms with Crippen LogP contribution in [0.5, 0.6) is 11.5 Å². The van der Waals surface area contributed by atoms with Gasteiger partial charge in [0, 0.05) is 0 Å². The number of hydrogen-bond acceptors (Lipinski definition) is 3. The summed E-state index contributed by atoms with van der Waals surface area (Å²) in [6.07, 6.45) is 13.2. The van der Waals surface area contributed by atoms with E-state index in [0.717, 1.165) is 12.3 Å². The van der Waals surface area contributed by atoms with Crippen LogP contribution in [-0.4, -0.2) is 12.6 Å². The summed E-state index contributed by atoms with van der Waals surface area (Å²) < 4.78 is 38.6. The van der Waals surface area contributed by atoms with Crippen molar-refractivity contribution in [2.75, 3.05) is 6.61 Å². The molecule has 0 amide bonds. The maximum atomic E-state index is 14.3. The number of carbonyl (C=O) groups excluding carboxylic acids is 1. The molecule has 0 aliphatic heterocycles. The van der Waals surface area contributed by atoms with Crippen LogP contribution in [0.15, 0.2) is 49.1 Å². The standard InChI is InChI=1S/C30H38F2O3/c1-4-7-8-10-21-11-13-22(14-12-21)25(9-5-2)23-15-17-24(18-16-23)30(33)35-27-20-19-26(34-6-3)28(31)29(27)32/h5,15-22,25H,2,4,6-14H2,1,3H3/t21-,22-,25?. The highest BCUT2D eigenvalue weighted by Gasteiger charge is 2.28. The van der Waals surface area contributed by atoms with E-state index >= 15 is 0 Å². The third-order valence-corrected chi connectivity index (χ3v) is 7.19. The van der Waals surface area contributed by atoms with Crippen molar-refractivity contribution in [2.24, 2.45) is 11.8 Å². The molecule has 0 saturated heterocycles. The van der Waals surface area contributed by atoms with Crippen LogP contribution in [-0.2, 0) is 0 Å².